The molecule has 1 fully saturated rings. The Morgan fingerprint density at radius 3 is 2.44 bits per heavy atom. The first-order chi connectivity index (χ1) is 4.34. The molecule has 1 rings (SSSR count). The largest absolute Gasteiger partial charge is 0.396 e. The van der Waals surface area contributed by atoms with Gasteiger partial charge in [-0.3, -0.25) is 0 Å². The topological polar surface area (TPSA) is 20.2 Å². The van der Waals surface area contributed by atoms with Gasteiger partial charge < -0.3 is 5.11 Å². The molecule has 0 aromatic rings. The van der Waals surface area contributed by atoms with E-state index in [1.54, 1.807) is 0 Å². The van der Waals surface area contributed by atoms with Crippen molar-refractivity contribution in [1.29, 1.82) is 0 Å². The fourth-order valence-corrected chi connectivity index (χ4v) is 1.66. The van der Waals surface area contributed by atoms with Gasteiger partial charge in [-0.25, -0.2) is 0 Å². The molecule has 9 heavy (non-hydrogen) atoms. The zero-order valence-electron chi connectivity index (χ0n) is 6.14. The lowest BCUT2D eigenvalue weighted by Gasteiger charge is -2.26. The Hall–Kier alpha value is -0.0400. The summed E-state index contributed by atoms with van der Waals surface area (Å²) in [7, 11) is 0. The van der Waals surface area contributed by atoms with E-state index in [4.69, 9.17) is 5.11 Å². The van der Waals surface area contributed by atoms with Crippen molar-refractivity contribution in [3.63, 3.8) is 0 Å². The van der Waals surface area contributed by atoms with Crippen LogP contribution in [0.4, 0.5) is 0 Å². The quantitative estimate of drug-likeness (QED) is 0.571. The van der Waals surface area contributed by atoms with Crippen molar-refractivity contribution < 1.29 is 5.11 Å². The first-order valence-corrected chi connectivity index (χ1v) is 3.95. The first-order valence-electron chi connectivity index (χ1n) is 3.95. The van der Waals surface area contributed by atoms with Gasteiger partial charge in [0.15, 0.2) is 0 Å². The number of aliphatic hydroxyl groups excluding tert-OH is 1. The molecule has 0 aromatic carbocycles. The van der Waals surface area contributed by atoms with Crippen LogP contribution in [0.2, 0.25) is 0 Å². The highest BCUT2D eigenvalue weighted by atomic mass is 16.3. The van der Waals surface area contributed by atoms with E-state index in [-0.39, 0.29) is 0 Å². The van der Waals surface area contributed by atoms with Gasteiger partial charge in [-0.15, -0.1) is 0 Å². The molecule has 1 aliphatic carbocycles. The molecule has 1 saturated carbocycles. The minimum Gasteiger partial charge on any atom is -0.396 e. The van der Waals surface area contributed by atoms with Crippen molar-refractivity contribution in [2.45, 2.75) is 32.6 Å². The summed E-state index contributed by atoms with van der Waals surface area (Å²) in [6, 6.07) is 0. The number of hydrogen-bond donors (Lipinski definition) is 1. The minimum atomic E-state index is 0.404. The summed E-state index contributed by atoms with van der Waals surface area (Å²) in [5.74, 6) is 1.38. The van der Waals surface area contributed by atoms with E-state index >= 15 is 0 Å². The van der Waals surface area contributed by atoms with Crippen molar-refractivity contribution in [3.8, 4) is 0 Å². The molecule has 0 aromatic heterocycles. The molecule has 1 N–H and O–H groups in total. The van der Waals surface area contributed by atoms with Crippen LogP contribution in [0, 0.1) is 11.8 Å². The van der Waals surface area contributed by atoms with Crippen LogP contribution in [0.25, 0.3) is 0 Å². The summed E-state index contributed by atoms with van der Waals surface area (Å²) in [5, 5.41) is 8.86. The van der Waals surface area contributed by atoms with E-state index in [1.807, 2.05) is 0 Å². The summed E-state index contributed by atoms with van der Waals surface area (Å²) in [6.07, 6.45) is 5.27. The molecule has 0 saturated heterocycles. The Kier molecular flexibility index (Phi) is 2.52. The molecule has 1 aliphatic rings. The number of rotatable bonds is 1. The van der Waals surface area contributed by atoms with E-state index < -0.39 is 0 Å². The van der Waals surface area contributed by atoms with Crippen LogP contribution >= 0.6 is 0 Å². The van der Waals surface area contributed by atoms with Crippen LogP contribution in [0.5, 0.6) is 0 Å². The fraction of sp³-hybridized carbons (Fsp3) is 1.00. The standard InChI is InChI=1S/C8H16O/c1-7-4-2-3-5-8(7)6-9/h7-9H,2-6H2,1H3/t7-,8+/m0/s1. The van der Waals surface area contributed by atoms with Crippen molar-refractivity contribution in [3.05, 3.63) is 0 Å². The van der Waals surface area contributed by atoms with Crippen molar-refractivity contribution in [1.82, 2.24) is 0 Å². The fourth-order valence-electron chi connectivity index (χ4n) is 1.66. The lowest BCUT2D eigenvalue weighted by molar-refractivity contribution is 0.144. The maximum atomic E-state index is 8.86. The number of hydrogen-bond acceptors (Lipinski definition) is 1. The summed E-state index contributed by atoms with van der Waals surface area (Å²) in [6.45, 7) is 2.65. The summed E-state index contributed by atoms with van der Waals surface area (Å²) < 4.78 is 0. The highest BCUT2D eigenvalue weighted by Crippen LogP contribution is 2.28. The zero-order chi connectivity index (χ0) is 6.69. The van der Waals surface area contributed by atoms with Gasteiger partial charge in [-0.1, -0.05) is 26.2 Å². The normalized spacial score (nSPS) is 36.7. The van der Waals surface area contributed by atoms with Gasteiger partial charge in [0.2, 0.25) is 0 Å². The molecular weight excluding hydrogens is 112 g/mol. The molecule has 0 amide bonds. The Balaban J connectivity index is 2.30. The third kappa shape index (κ3) is 1.68. The van der Waals surface area contributed by atoms with Crippen LogP contribution in [0.3, 0.4) is 0 Å². The van der Waals surface area contributed by atoms with Gasteiger partial charge in [0.05, 0.1) is 0 Å². The average molecular weight is 128 g/mol. The van der Waals surface area contributed by atoms with Gasteiger partial charge in [0.1, 0.15) is 0 Å². The number of aliphatic hydroxyl groups is 1. The predicted octanol–water partition coefficient (Wildman–Crippen LogP) is 1.81. The maximum absolute atomic E-state index is 8.86. The predicted molar refractivity (Wildman–Crippen MR) is 38.2 cm³/mol. The van der Waals surface area contributed by atoms with Crippen molar-refractivity contribution in [2.75, 3.05) is 6.61 Å². The highest BCUT2D eigenvalue weighted by molar-refractivity contribution is 4.70. The molecule has 0 aliphatic heterocycles. The van der Waals surface area contributed by atoms with Gasteiger partial charge in [-0.05, 0) is 18.3 Å². The smallest absolute Gasteiger partial charge is 0.0461 e. The molecule has 1 nitrogen and oxygen atoms in total. The van der Waals surface area contributed by atoms with Crippen LogP contribution in [0.15, 0.2) is 0 Å². The summed E-state index contributed by atoms with van der Waals surface area (Å²) >= 11 is 0. The Morgan fingerprint density at radius 1 is 1.33 bits per heavy atom. The van der Waals surface area contributed by atoms with Gasteiger partial charge in [0.25, 0.3) is 0 Å². The molecule has 0 radical (unpaired) electrons. The highest BCUT2D eigenvalue weighted by Gasteiger charge is 2.19. The van der Waals surface area contributed by atoms with Crippen molar-refractivity contribution >= 4 is 0 Å². The second-order valence-electron chi connectivity index (χ2n) is 3.20. The SMILES string of the molecule is C[C@H]1CCCC[C@@H]1CO. The van der Waals surface area contributed by atoms with E-state index in [0.29, 0.717) is 12.5 Å². The van der Waals surface area contributed by atoms with Gasteiger partial charge >= 0.3 is 0 Å². The lowest BCUT2D eigenvalue weighted by atomic mass is 9.81. The second kappa shape index (κ2) is 3.21. The maximum Gasteiger partial charge on any atom is 0.0461 e. The average Bonchev–Trinajstić information content (AvgIpc) is 1.89. The van der Waals surface area contributed by atoms with Crippen LogP contribution in [0.1, 0.15) is 32.6 Å². The second-order valence-corrected chi connectivity index (χ2v) is 3.20. The van der Waals surface area contributed by atoms with E-state index in [9.17, 15) is 0 Å². The zero-order valence-corrected chi connectivity index (χ0v) is 6.14. The summed E-state index contributed by atoms with van der Waals surface area (Å²) in [5.41, 5.74) is 0. The third-order valence-corrected chi connectivity index (χ3v) is 2.52. The Labute approximate surface area is 57.1 Å². The molecule has 0 heterocycles. The van der Waals surface area contributed by atoms with Crippen LogP contribution in [-0.2, 0) is 0 Å². The Bertz CT molecular complexity index is 80.6. The van der Waals surface area contributed by atoms with Crippen LogP contribution in [-0.4, -0.2) is 11.7 Å². The molecular formula is C8H16O. The summed E-state index contributed by atoms with van der Waals surface area (Å²) in [4.78, 5) is 0. The van der Waals surface area contributed by atoms with Crippen LogP contribution < -0.4 is 0 Å². The minimum absolute atomic E-state index is 0.404. The van der Waals surface area contributed by atoms with E-state index in [0.717, 1.165) is 5.92 Å². The Morgan fingerprint density at radius 2 is 2.00 bits per heavy atom. The lowest BCUT2D eigenvalue weighted by Crippen LogP contribution is -2.19. The molecule has 0 spiro atoms. The van der Waals surface area contributed by atoms with Gasteiger partial charge in [-0.2, -0.15) is 0 Å². The third-order valence-electron chi connectivity index (χ3n) is 2.52. The van der Waals surface area contributed by atoms with Gasteiger partial charge in [0, 0.05) is 6.61 Å². The molecule has 0 bridgehead atoms. The molecule has 1 heteroatoms. The monoisotopic (exact) mass is 128 g/mol. The van der Waals surface area contributed by atoms with Crippen molar-refractivity contribution in [2.24, 2.45) is 11.8 Å². The molecule has 0 unspecified atom stereocenters. The molecule has 54 valence electrons. The van der Waals surface area contributed by atoms with E-state index in [2.05, 4.69) is 6.92 Å². The first kappa shape index (κ1) is 7.07. The van der Waals surface area contributed by atoms with E-state index in [1.165, 1.54) is 25.7 Å². The molecule has 2 atom stereocenters.